The van der Waals surface area contributed by atoms with Crippen LogP contribution in [0.1, 0.15) is 128 Å². The Labute approximate surface area is 220 Å². The van der Waals surface area contributed by atoms with Crippen LogP contribution in [0.15, 0.2) is 0 Å². The van der Waals surface area contributed by atoms with Gasteiger partial charge in [-0.15, -0.1) is 0 Å². The van der Waals surface area contributed by atoms with Crippen molar-refractivity contribution >= 4 is 0 Å². The Kier molecular flexibility index (Phi) is 6.66. The van der Waals surface area contributed by atoms with Crippen molar-refractivity contribution in [3.05, 3.63) is 0 Å². The van der Waals surface area contributed by atoms with Crippen LogP contribution >= 0.6 is 0 Å². The van der Waals surface area contributed by atoms with E-state index in [-0.39, 0.29) is 0 Å². The predicted molar refractivity (Wildman–Crippen MR) is 152 cm³/mol. The maximum absolute atomic E-state index is 2.57. The predicted octanol–water partition coefficient (Wildman–Crippen LogP) is 10.4. The minimum absolute atomic E-state index is 0.564. The highest BCUT2D eigenvalue weighted by Gasteiger charge is 2.69. The molecule has 6 fully saturated rings. The second-order valence-corrected chi connectivity index (χ2v) is 16.8. The van der Waals surface area contributed by atoms with Crippen molar-refractivity contribution < 1.29 is 0 Å². The third-order valence-electron chi connectivity index (χ3n) is 15.2. The standard InChI is InChI=1S/C18H32.C17H30/c1-7-8-12-9-11(2)15-13-10-14(16(12)15)18(5,6)17(13,3)4;1-6-7-12-8-10(2)15-13-9-14(16(12)15)17(4,5)11(13)3/h11-16H,7-10H2,1-6H3;10-16H,6-9H2,1-5H3. The molecule has 0 aromatic carbocycles. The molecule has 0 aliphatic heterocycles. The zero-order valence-electron chi connectivity index (χ0n) is 25.7. The van der Waals surface area contributed by atoms with Gasteiger partial charge in [-0.05, 0) is 119 Å². The lowest BCUT2D eigenvalue weighted by molar-refractivity contribution is -0.0390. The largest absolute Gasteiger partial charge is 0.0654 e. The Morgan fingerprint density at radius 2 is 1.00 bits per heavy atom. The van der Waals surface area contributed by atoms with Gasteiger partial charge in [0.2, 0.25) is 0 Å². The van der Waals surface area contributed by atoms with Crippen LogP contribution in [-0.4, -0.2) is 0 Å². The molecule has 0 radical (unpaired) electrons. The fourth-order valence-electron chi connectivity index (χ4n) is 12.8. The summed E-state index contributed by atoms with van der Waals surface area (Å²) in [5, 5.41) is 0. The first-order valence-corrected chi connectivity index (χ1v) is 16.3. The van der Waals surface area contributed by atoms with Gasteiger partial charge >= 0.3 is 0 Å². The fourth-order valence-corrected chi connectivity index (χ4v) is 12.8. The van der Waals surface area contributed by atoms with E-state index < -0.39 is 0 Å². The lowest BCUT2D eigenvalue weighted by Gasteiger charge is -2.52. The lowest BCUT2D eigenvalue weighted by Crippen LogP contribution is -2.46. The normalized spacial score (nSPS) is 53.4. The third-order valence-corrected chi connectivity index (χ3v) is 15.2. The molecule has 35 heavy (non-hydrogen) atoms. The first-order chi connectivity index (χ1) is 16.3. The van der Waals surface area contributed by atoms with Crippen LogP contribution in [0.2, 0.25) is 0 Å². The van der Waals surface area contributed by atoms with Gasteiger partial charge in [0.05, 0.1) is 0 Å². The van der Waals surface area contributed by atoms with E-state index in [4.69, 9.17) is 0 Å². The van der Waals surface area contributed by atoms with Gasteiger partial charge < -0.3 is 0 Å². The van der Waals surface area contributed by atoms with Crippen molar-refractivity contribution in [2.75, 3.05) is 0 Å². The van der Waals surface area contributed by atoms with Gasteiger partial charge in [-0.3, -0.25) is 0 Å². The molecule has 0 amide bonds. The summed E-state index contributed by atoms with van der Waals surface area (Å²) < 4.78 is 0. The van der Waals surface area contributed by atoms with E-state index in [1.54, 1.807) is 19.3 Å². The summed E-state index contributed by atoms with van der Waals surface area (Å²) in [6.45, 7) is 27.8. The zero-order chi connectivity index (χ0) is 25.7. The molecule has 0 N–H and O–H groups in total. The van der Waals surface area contributed by atoms with Crippen LogP contribution < -0.4 is 0 Å². The van der Waals surface area contributed by atoms with Crippen molar-refractivity contribution in [3.63, 3.8) is 0 Å². The highest BCUT2D eigenvalue weighted by atomic mass is 14.7. The fraction of sp³-hybridized carbons (Fsp3) is 1.00. The molecule has 0 spiro atoms. The van der Waals surface area contributed by atoms with Gasteiger partial charge in [-0.25, -0.2) is 0 Å². The number of fused-ring (bicyclic) bond motifs is 10. The molecule has 0 nitrogen and oxygen atoms in total. The second kappa shape index (κ2) is 8.76. The summed E-state index contributed by atoms with van der Waals surface area (Å²) in [5.74, 6) is 13.6. The summed E-state index contributed by atoms with van der Waals surface area (Å²) in [4.78, 5) is 0. The van der Waals surface area contributed by atoms with Crippen LogP contribution in [0.4, 0.5) is 0 Å². The molecular formula is C35H62. The Morgan fingerprint density at radius 3 is 1.51 bits per heavy atom. The van der Waals surface area contributed by atoms with Gasteiger partial charge in [0.25, 0.3) is 0 Å². The molecule has 6 aliphatic rings. The molecule has 13 unspecified atom stereocenters. The zero-order valence-corrected chi connectivity index (χ0v) is 25.7. The Bertz CT molecular complexity index is 771. The first-order valence-electron chi connectivity index (χ1n) is 16.3. The van der Waals surface area contributed by atoms with Crippen molar-refractivity contribution in [2.45, 2.75) is 128 Å². The molecule has 0 heterocycles. The smallest absolute Gasteiger partial charge is 0.0269 e. The molecule has 13 atom stereocenters. The molecular weight excluding hydrogens is 420 g/mol. The second-order valence-electron chi connectivity index (χ2n) is 16.8. The number of hydrogen-bond acceptors (Lipinski definition) is 0. The van der Waals surface area contributed by atoms with E-state index in [2.05, 4.69) is 76.2 Å². The molecule has 0 aromatic rings. The van der Waals surface area contributed by atoms with Gasteiger partial charge in [-0.2, -0.15) is 0 Å². The Hall–Kier alpha value is 0. The quantitative estimate of drug-likeness (QED) is 0.374. The van der Waals surface area contributed by atoms with Crippen LogP contribution in [-0.2, 0) is 0 Å². The average molecular weight is 483 g/mol. The average Bonchev–Trinajstić information content (AvgIpc) is 3.55. The highest BCUT2D eigenvalue weighted by molar-refractivity contribution is 5.17. The third kappa shape index (κ3) is 3.55. The van der Waals surface area contributed by atoms with Crippen LogP contribution in [0, 0.1) is 93.2 Å². The van der Waals surface area contributed by atoms with Gasteiger partial charge in [0.1, 0.15) is 0 Å². The van der Waals surface area contributed by atoms with Crippen molar-refractivity contribution in [3.8, 4) is 0 Å². The molecule has 0 saturated heterocycles. The highest BCUT2D eigenvalue weighted by Crippen LogP contribution is 2.75. The molecule has 6 aliphatic carbocycles. The topological polar surface area (TPSA) is 0 Å². The Morgan fingerprint density at radius 1 is 0.543 bits per heavy atom. The van der Waals surface area contributed by atoms with Crippen molar-refractivity contribution in [2.24, 2.45) is 93.2 Å². The molecule has 0 heteroatoms. The van der Waals surface area contributed by atoms with E-state index in [0.717, 1.165) is 76.9 Å². The van der Waals surface area contributed by atoms with E-state index in [0.29, 0.717) is 16.2 Å². The van der Waals surface area contributed by atoms with Crippen molar-refractivity contribution in [1.29, 1.82) is 0 Å². The SMILES string of the molecule is CCCC1CC(C)C2C1C1CC2C(C)(C)C1(C)C.CCCC1CC(C)C2C3CC(C12)C(C)(C)C3C. The van der Waals surface area contributed by atoms with E-state index in [9.17, 15) is 0 Å². The maximum Gasteiger partial charge on any atom is -0.0269 e. The monoisotopic (exact) mass is 482 g/mol. The van der Waals surface area contributed by atoms with E-state index in [1.165, 1.54) is 32.1 Å². The van der Waals surface area contributed by atoms with Crippen molar-refractivity contribution in [1.82, 2.24) is 0 Å². The van der Waals surface area contributed by atoms with Crippen LogP contribution in [0.25, 0.3) is 0 Å². The number of rotatable bonds is 4. The van der Waals surface area contributed by atoms with Gasteiger partial charge in [-0.1, -0.05) is 102 Å². The molecule has 6 rings (SSSR count). The summed E-state index contributed by atoms with van der Waals surface area (Å²) in [7, 11) is 0. The summed E-state index contributed by atoms with van der Waals surface area (Å²) >= 11 is 0. The van der Waals surface area contributed by atoms with Gasteiger partial charge in [0.15, 0.2) is 0 Å². The minimum Gasteiger partial charge on any atom is -0.0654 e. The van der Waals surface area contributed by atoms with Gasteiger partial charge in [0, 0.05) is 0 Å². The van der Waals surface area contributed by atoms with Crippen LogP contribution in [0.3, 0.4) is 0 Å². The Balaban J connectivity index is 0.000000145. The maximum atomic E-state index is 2.57. The summed E-state index contributed by atoms with van der Waals surface area (Å²) in [6.07, 6.45) is 12.0. The summed E-state index contributed by atoms with van der Waals surface area (Å²) in [6, 6.07) is 0. The summed E-state index contributed by atoms with van der Waals surface area (Å²) in [5.41, 5.74) is 1.75. The minimum atomic E-state index is 0.564. The molecule has 202 valence electrons. The van der Waals surface area contributed by atoms with Crippen LogP contribution in [0.5, 0.6) is 0 Å². The van der Waals surface area contributed by atoms with E-state index in [1.807, 2.05) is 0 Å². The van der Waals surface area contributed by atoms with E-state index >= 15 is 0 Å². The first kappa shape index (κ1) is 26.6. The molecule has 4 bridgehead atoms. The molecule has 0 aromatic heterocycles. The lowest BCUT2D eigenvalue weighted by atomic mass is 9.53. The molecule has 6 saturated carbocycles. The number of hydrogen-bond donors (Lipinski definition) is 0.